The van der Waals surface area contributed by atoms with Gasteiger partial charge in [-0.05, 0) is 50.7 Å². The number of carbonyl (C=O) groups is 1. The molecule has 0 saturated carbocycles. The minimum atomic E-state index is -0.330. The van der Waals surface area contributed by atoms with Gasteiger partial charge in [0.1, 0.15) is 0 Å². The van der Waals surface area contributed by atoms with Crippen molar-refractivity contribution in [3.8, 4) is 11.5 Å². The van der Waals surface area contributed by atoms with Gasteiger partial charge in [-0.25, -0.2) is 0 Å². The maximum atomic E-state index is 12.5. The quantitative estimate of drug-likeness (QED) is 0.749. The number of para-hydroxylation sites is 1. The van der Waals surface area contributed by atoms with E-state index in [-0.39, 0.29) is 11.9 Å². The van der Waals surface area contributed by atoms with Gasteiger partial charge in [0.2, 0.25) is 5.91 Å². The fourth-order valence-corrected chi connectivity index (χ4v) is 2.69. The largest absolute Gasteiger partial charge is 0.493 e. The van der Waals surface area contributed by atoms with Crippen LogP contribution in [0.5, 0.6) is 11.5 Å². The van der Waals surface area contributed by atoms with Crippen LogP contribution in [0.25, 0.3) is 0 Å². The van der Waals surface area contributed by atoms with Crippen molar-refractivity contribution < 1.29 is 14.3 Å². The van der Waals surface area contributed by atoms with Gasteiger partial charge in [-0.15, -0.1) is 0 Å². The first-order valence-corrected chi connectivity index (χ1v) is 8.89. The summed E-state index contributed by atoms with van der Waals surface area (Å²) in [5.74, 6) is 1.29. The Morgan fingerprint density at radius 2 is 1.96 bits per heavy atom. The highest BCUT2D eigenvalue weighted by Crippen LogP contribution is 2.28. The van der Waals surface area contributed by atoms with Gasteiger partial charge in [0, 0.05) is 6.54 Å². The lowest BCUT2D eigenvalue weighted by Crippen LogP contribution is -2.39. The predicted molar refractivity (Wildman–Crippen MR) is 105 cm³/mol. The summed E-state index contributed by atoms with van der Waals surface area (Å²) in [4.78, 5) is 14.5. The lowest BCUT2D eigenvalue weighted by Gasteiger charge is -2.24. The molecule has 0 bridgehead atoms. The van der Waals surface area contributed by atoms with E-state index in [1.807, 2.05) is 56.1 Å². The molecule has 2 aromatic rings. The Bertz CT molecular complexity index is 752. The van der Waals surface area contributed by atoms with Crippen molar-refractivity contribution in [3.05, 3.63) is 53.1 Å². The number of hydrogen-bond donors (Lipinski definition) is 1. The Morgan fingerprint density at radius 3 is 2.62 bits per heavy atom. The lowest BCUT2D eigenvalue weighted by molar-refractivity contribution is -0.120. The van der Waals surface area contributed by atoms with Crippen LogP contribution in [-0.4, -0.2) is 37.6 Å². The maximum Gasteiger partial charge on any atom is 0.241 e. The molecule has 1 amide bonds. The summed E-state index contributed by atoms with van der Waals surface area (Å²) < 4.78 is 10.9. The van der Waals surface area contributed by atoms with Gasteiger partial charge in [-0.1, -0.05) is 29.8 Å². The van der Waals surface area contributed by atoms with E-state index in [2.05, 4.69) is 5.32 Å². The number of ether oxygens (including phenoxy) is 2. The second-order valence-corrected chi connectivity index (χ2v) is 6.39. The Morgan fingerprint density at radius 1 is 1.23 bits per heavy atom. The Balaban J connectivity index is 2.03. The van der Waals surface area contributed by atoms with Crippen LogP contribution in [-0.2, 0) is 11.3 Å². The van der Waals surface area contributed by atoms with Crippen LogP contribution >= 0.6 is 11.6 Å². The highest BCUT2D eigenvalue weighted by Gasteiger charge is 2.19. The number of likely N-dealkylation sites (N-methyl/N-ethyl adjacent to an activating group) is 1. The molecule has 0 aromatic heterocycles. The van der Waals surface area contributed by atoms with Crippen molar-refractivity contribution in [3.63, 3.8) is 0 Å². The van der Waals surface area contributed by atoms with Crippen molar-refractivity contribution in [2.24, 2.45) is 0 Å². The number of methoxy groups -OCH3 is 1. The molecule has 26 heavy (non-hydrogen) atoms. The average molecular weight is 377 g/mol. The second-order valence-electron chi connectivity index (χ2n) is 5.98. The van der Waals surface area contributed by atoms with Crippen molar-refractivity contribution in [1.82, 2.24) is 4.90 Å². The van der Waals surface area contributed by atoms with Gasteiger partial charge >= 0.3 is 0 Å². The molecule has 0 heterocycles. The average Bonchev–Trinajstić information content (AvgIpc) is 2.64. The zero-order valence-electron chi connectivity index (χ0n) is 15.6. The first-order valence-electron chi connectivity index (χ1n) is 8.51. The normalized spacial score (nSPS) is 11.9. The lowest BCUT2D eigenvalue weighted by atomic mass is 10.1. The molecular formula is C20H25ClN2O3. The minimum absolute atomic E-state index is 0.112. The molecule has 2 aromatic carbocycles. The van der Waals surface area contributed by atoms with Crippen LogP contribution in [0, 0.1) is 0 Å². The zero-order chi connectivity index (χ0) is 19.1. The molecule has 2 rings (SSSR count). The molecule has 0 aliphatic carbocycles. The molecule has 0 spiro atoms. The third-order valence-corrected chi connectivity index (χ3v) is 4.46. The number of amides is 1. The first-order chi connectivity index (χ1) is 12.5. The topological polar surface area (TPSA) is 50.8 Å². The van der Waals surface area contributed by atoms with Crippen molar-refractivity contribution in [2.75, 3.05) is 26.1 Å². The van der Waals surface area contributed by atoms with E-state index in [0.717, 1.165) is 5.56 Å². The Labute approximate surface area is 159 Å². The highest BCUT2D eigenvalue weighted by atomic mass is 35.5. The predicted octanol–water partition coefficient (Wildman–Crippen LogP) is 4.21. The highest BCUT2D eigenvalue weighted by molar-refractivity contribution is 6.33. The van der Waals surface area contributed by atoms with Crippen LogP contribution in [0.2, 0.25) is 5.02 Å². The van der Waals surface area contributed by atoms with Gasteiger partial charge in [0.05, 0.1) is 30.5 Å². The Hall–Kier alpha value is -2.24. The molecule has 5 nitrogen and oxygen atoms in total. The summed E-state index contributed by atoms with van der Waals surface area (Å²) in [6, 6.07) is 12.7. The molecule has 1 N–H and O–H groups in total. The van der Waals surface area contributed by atoms with E-state index in [1.54, 1.807) is 19.2 Å². The van der Waals surface area contributed by atoms with Crippen LogP contribution in [0.4, 0.5) is 5.69 Å². The van der Waals surface area contributed by atoms with Gasteiger partial charge in [0.15, 0.2) is 11.5 Å². The summed E-state index contributed by atoms with van der Waals surface area (Å²) >= 11 is 6.10. The molecule has 0 aliphatic rings. The fraction of sp³-hybridized carbons (Fsp3) is 0.350. The third kappa shape index (κ3) is 5.13. The van der Waals surface area contributed by atoms with Crippen LogP contribution in [0.3, 0.4) is 0 Å². The van der Waals surface area contributed by atoms with E-state index < -0.39 is 0 Å². The van der Waals surface area contributed by atoms with Gasteiger partial charge in [0.25, 0.3) is 0 Å². The molecule has 0 saturated heterocycles. The van der Waals surface area contributed by atoms with E-state index in [9.17, 15) is 4.79 Å². The van der Waals surface area contributed by atoms with Gasteiger partial charge in [-0.2, -0.15) is 0 Å². The van der Waals surface area contributed by atoms with Crippen molar-refractivity contribution >= 4 is 23.2 Å². The summed E-state index contributed by atoms with van der Waals surface area (Å²) in [6.07, 6.45) is 0. The Kier molecular flexibility index (Phi) is 7.30. The van der Waals surface area contributed by atoms with Gasteiger partial charge < -0.3 is 14.8 Å². The summed E-state index contributed by atoms with van der Waals surface area (Å²) in [6.45, 7) is 4.97. The molecule has 1 atom stereocenters. The number of anilines is 1. The number of hydrogen-bond acceptors (Lipinski definition) is 4. The van der Waals surface area contributed by atoms with E-state index in [0.29, 0.717) is 35.4 Å². The monoisotopic (exact) mass is 376 g/mol. The number of rotatable bonds is 8. The third-order valence-electron chi connectivity index (χ3n) is 4.13. The van der Waals surface area contributed by atoms with Crippen LogP contribution < -0.4 is 14.8 Å². The molecule has 6 heteroatoms. The molecule has 0 aliphatic heterocycles. The molecule has 0 radical (unpaired) electrons. The number of nitrogens with one attached hydrogen (secondary N) is 1. The van der Waals surface area contributed by atoms with E-state index in [1.165, 1.54) is 0 Å². The maximum absolute atomic E-state index is 12.5. The molecule has 140 valence electrons. The molecule has 1 unspecified atom stereocenters. The van der Waals surface area contributed by atoms with Crippen molar-refractivity contribution in [2.45, 2.75) is 26.4 Å². The smallest absolute Gasteiger partial charge is 0.241 e. The molecule has 0 fully saturated rings. The second kappa shape index (κ2) is 9.46. The summed E-state index contributed by atoms with van der Waals surface area (Å²) in [5.41, 5.74) is 1.65. The van der Waals surface area contributed by atoms with E-state index >= 15 is 0 Å². The molecular weight excluding hydrogens is 352 g/mol. The summed E-state index contributed by atoms with van der Waals surface area (Å²) in [7, 11) is 3.52. The van der Waals surface area contributed by atoms with Gasteiger partial charge in [-0.3, -0.25) is 9.69 Å². The van der Waals surface area contributed by atoms with Crippen LogP contribution in [0.15, 0.2) is 42.5 Å². The number of benzene rings is 2. The number of carbonyl (C=O) groups excluding carboxylic acids is 1. The summed E-state index contributed by atoms with van der Waals surface area (Å²) in [5, 5.41) is 3.39. The van der Waals surface area contributed by atoms with Crippen molar-refractivity contribution in [1.29, 1.82) is 0 Å². The fourth-order valence-electron chi connectivity index (χ4n) is 2.51. The number of halogens is 1. The zero-order valence-corrected chi connectivity index (χ0v) is 16.3. The first kappa shape index (κ1) is 20.1. The van der Waals surface area contributed by atoms with Crippen LogP contribution in [0.1, 0.15) is 19.4 Å². The minimum Gasteiger partial charge on any atom is -0.493 e. The van der Waals surface area contributed by atoms with E-state index in [4.69, 9.17) is 21.1 Å². The SMILES string of the molecule is CCOc1ccc(CN(C)C(C)C(=O)Nc2ccccc2Cl)cc1OC. The number of nitrogens with zero attached hydrogens (tertiary/aromatic N) is 1. The standard InChI is InChI=1S/C20H25ClN2O3/c1-5-26-18-11-10-15(12-19(18)25-4)13-23(3)14(2)20(24)22-17-9-7-6-8-16(17)21/h6-12,14H,5,13H2,1-4H3,(H,22,24).